The fraction of sp³-hybridized carbons (Fsp3) is 0.350. The number of anilines is 1. The van der Waals surface area contributed by atoms with Crippen LogP contribution in [0.25, 0.3) is 21.3 Å². The summed E-state index contributed by atoms with van der Waals surface area (Å²) in [6, 6.07) is 8.24. The maximum atomic E-state index is 12.6. The van der Waals surface area contributed by atoms with E-state index in [-0.39, 0.29) is 17.4 Å². The summed E-state index contributed by atoms with van der Waals surface area (Å²) in [5.74, 6) is 0.510. The molecular formula is C20H22N4O2S. The number of piperidine rings is 1. The molecular weight excluding hydrogens is 360 g/mol. The van der Waals surface area contributed by atoms with Gasteiger partial charge >= 0.3 is 0 Å². The van der Waals surface area contributed by atoms with Crippen molar-refractivity contribution in [3.05, 3.63) is 45.6 Å². The van der Waals surface area contributed by atoms with Crippen LogP contribution in [0.4, 0.5) is 5.95 Å². The number of fused-ring (bicyclic) bond motifs is 1. The summed E-state index contributed by atoms with van der Waals surface area (Å²) in [6.07, 6.45) is 1.75. The van der Waals surface area contributed by atoms with E-state index in [4.69, 9.17) is 4.98 Å². The molecule has 0 radical (unpaired) electrons. The molecule has 4 rings (SSSR count). The molecule has 1 aliphatic rings. The number of carbonyl (C=O) groups is 1. The summed E-state index contributed by atoms with van der Waals surface area (Å²) in [7, 11) is 1.66. The number of aryl methyl sites for hydroxylation is 1. The van der Waals surface area contributed by atoms with E-state index in [0.29, 0.717) is 17.2 Å². The van der Waals surface area contributed by atoms with Gasteiger partial charge in [0.05, 0.1) is 11.4 Å². The highest BCUT2D eigenvalue weighted by atomic mass is 32.1. The van der Waals surface area contributed by atoms with Gasteiger partial charge in [0.25, 0.3) is 5.56 Å². The molecule has 1 fully saturated rings. The van der Waals surface area contributed by atoms with Crippen LogP contribution in [0.15, 0.2) is 34.4 Å². The number of nitrogens with zero attached hydrogens (tertiary/aromatic N) is 2. The predicted molar refractivity (Wildman–Crippen MR) is 109 cm³/mol. The van der Waals surface area contributed by atoms with Crippen LogP contribution in [-0.4, -0.2) is 36.0 Å². The minimum Gasteiger partial charge on any atom is -0.359 e. The number of rotatable bonds is 3. The highest BCUT2D eigenvalue weighted by Crippen LogP contribution is 2.32. The third-order valence-corrected chi connectivity index (χ3v) is 6.08. The van der Waals surface area contributed by atoms with Crippen LogP contribution >= 0.6 is 11.3 Å². The van der Waals surface area contributed by atoms with Gasteiger partial charge in [0.2, 0.25) is 11.9 Å². The normalized spacial score (nSPS) is 17.3. The van der Waals surface area contributed by atoms with Crippen LogP contribution in [-0.2, 0) is 4.79 Å². The number of benzene rings is 1. The maximum absolute atomic E-state index is 12.6. The van der Waals surface area contributed by atoms with Gasteiger partial charge in [0.15, 0.2) is 0 Å². The van der Waals surface area contributed by atoms with E-state index in [1.807, 2.05) is 10.3 Å². The Kier molecular flexibility index (Phi) is 4.70. The fourth-order valence-electron chi connectivity index (χ4n) is 3.59. The number of nitrogens with one attached hydrogen (secondary N) is 2. The lowest BCUT2D eigenvalue weighted by Crippen LogP contribution is -2.43. The van der Waals surface area contributed by atoms with Crippen LogP contribution in [0.2, 0.25) is 0 Å². The quantitative estimate of drug-likeness (QED) is 0.730. The van der Waals surface area contributed by atoms with Gasteiger partial charge in [-0.15, -0.1) is 11.3 Å². The second kappa shape index (κ2) is 7.15. The number of aromatic nitrogens is 2. The van der Waals surface area contributed by atoms with Crippen molar-refractivity contribution in [2.75, 3.05) is 25.0 Å². The zero-order valence-corrected chi connectivity index (χ0v) is 16.2. The Morgan fingerprint density at radius 2 is 2.11 bits per heavy atom. The Morgan fingerprint density at radius 3 is 2.85 bits per heavy atom. The molecule has 0 unspecified atom stereocenters. The highest BCUT2D eigenvalue weighted by molar-refractivity contribution is 7.17. The molecule has 3 heterocycles. The lowest BCUT2D eigenvalue weighted by atomic mass is 9.97. The van der Waals surface area contributed by atoms with Gasteiger partial charge in [0.1, 0.15) is 4.70 Å². The molecule has 2 aromatic heterocycles. The third kappa shape index (κ3) is 3.35. The molecule has 140 valence electrons. The summed E-state index contributed by atoms with van der Waals surface area (Å²) >= 11 is 1.42. The van der Waals surface area contributed by atoms with Crippen molar-refractivity contribution in [2.24, 2.45) is 5.92 Å². The molecule has 2 N–H and O–H groups in total. The molecule has 3 aromatic rings. The number of aromatic amines is 1. The van der Waals surface area contributed by atoms with Crippen LogP contribution in [0.1, 0.15) is 18.4 Å². The first kappa shape index (κ1) is 17.7. The molecule has 0 aliphatic carbocycles. The summed E-state index contributed by atoms with van der Waals surface area (Å²) in [6.45, 7) is 3.40. The Labute approximate surface area is 161 Å². The average molecular weight is 382 g/mol. The van der Waals surface area contributed by atoms with E-state index in [2.05, 4.69) is 41.5 Å². The summed E-state index contributed by atoms with van der Waals surface area (Å²) in [5, 5.41) is 4.71. The van der Waals surface area contributed by atoms with E-state index in [1.165, 1.54) is 16.9 Å². The van der Waals surface area contributed by atoms with E-state index in [1.54, 1.807) is 7.05 Å². The number of hydrogen-bond acceptors (Lipinski definition) is 5. The first-order chi connectivity index (χ1) is 13.1. The van der Waals surface area contributed by atoms with Gasteiger partial charge in [-0.3, -0.25) is 14.6 Å². The van der Waals surface area contributed by atoms with Gasteiger partial charge < -0.3 is 10.2 Å². The Hall–Kier alpha value is -2.67. The first-order valence-electron chi connectivity index (χ1n) is 9.12. The summed E-state index contributed by atoms with van der Waals surface area (Å²) in [5.41, 5.74) is 3.82. The number of amides is 1. The topological polar surface area (TPSA) is 78.1 Å². The van der Waals surface area contributed by atoms with Crippen molar-refractivity contribution >= 4 is 33.4 Å². The zero-order valence-electron chi connectivity index (χ0n) is 15.4. The van der Waals surface area contributed by atoms with Crippen molar-refractivity contribution in [3.63, 3.8) is 0 Å². The average Bonchev–Trinajstić information content (AvgIpc) is 3.12. The minimum atomic E-state index is -0.125. The molecule has 0 saturated carbocycles. The molecule has 1 saturated heterocycles. The molecule has 1 amide bonds. The number of carbonyl (C=O) groups excluding carboxylic acids is 1. The van der Waals surface area contributed by atoms with Crippen LogP contribution in [0, 0.1) is 12.8 Å². The predicted octanol–water partition coefficient (Wildman–Crippen LogP) is 2.92. The maximum Gasteiger partial charge on any atom is 0.270 e. The highest BCUT2D eigenvalue weighted by Gasteiger charge is 2.27. The fourth-order valence-corrected chi connectivity index (χ4v) is 4.50. The van der Waals surface area contributed by atoms with E-state index >= 15 is 0 Å². The number of hydrogen-bond donors (Lipinski definition) is 2. The smallest absolute Gasteiger partial charge is 0.270 e. The van der Waals surface area contributed by atoms with Crippen molar-refractivity contribution in [3.8, 4) is 11.1 Å². The van der Waals surface area contributed by atoms with Crippen LogP contribution in [0.5, 0.6) is 0 Å². The lowest BCUT2D eigenvalue weighted by molar-refractivity contribution is -0.124. The SMILES string of the molecule is CNC(=O)[C@@H]1CCCN(c2nc3c(-c4ccc(C)cc4)csc3c(=O)[nH]2)C1. The van der Waals surface area contributed by atoms with Gasteiger partial charge in [-0.2, -0.15) is 0 Å². The van der Waals surface area contributed by atoms with Crippen LogP contribution in [0.3, 0.4) is 0 Å². The van der Waals surface area contributed by atoms with Gasteiger partial charge in [0, 0.05) is 31.1 Å². The third-order valence-electron chi connectivity index (χ3n) is 5.11. The van der Waals surface area contributed by atoms with Crippen molar-refractivity contribution in [2.45, 2.75) is 19.8 Å². The standard InChI is InChI=1S/C20H22N4O2S/c1-12-5-7-13(8-6-12)15-11-27-17-16(15)22-20(23-19(17)26)24-9-3-4-14(10-24)18(25)21-2/h5-8,11,14H,3-4,9-10H2,1-2H3,(H,21,25)(H,22,23,26)/t14-/m1/s1. The Balaban J connectivity index is 1.74. The van der Waals surface area contributed by atoms with Crippen molar-refractivity contribution in [1.82, 2.24) is 15.3 Å². The minimum absolute atomic E-state index is 0.0407. The molecule has 1 aliphatic heterocycles. The van der Waals surface area contributed by atoms with Crippen LogP contribution < -0.4 is 15.8 Å². The molecule has 0 spiro atoms. The molecule has 1 aromatic carbocycles. The molecule has 7 heteroatoms. The summed E-state index contributed by atoms with van der Waals surface area (Å²) < 4.78 is 0.634. The first-order valence-corrected chi connectivity index (χ1v) is 10.00. The molecule has 1 atom stereocenters. The van der Waals surface area contributed by atoms with Crippen molar-refractivity contribution < 1.29 is 4.79 Å². The monoisotopic (exact) mass is 382 g/mol. The van der Waals surface area contributed by atoms with E-state index in [9.17, 15) is 9.59 Å². The number of thiophene rings is 1. The Morgan fingerprint density at radius 1 is 1.33 bits per heavy atom. The van der Waals surface area contributed by atoms with Gasteiger partial charge in [-0.25, -0.2) is 4.98 Å². The van der Waals surface area contributed by atoms with Gasteiger partial charge in [-0.1, -0.05) is 29.8 Å². The largest absolute Gasteiger partial charge is 0.359 e. The molecule has 6 nitrogen and oxygen atoms in total. The van der Waals surface area contributed by atoms with Crippen molar-refractivity contribution in [1.29, 1.82) is 0 Å². The van der Waals surface area contributed by atoms with Gasteiger partial charge in [-0.05, 0) is 25.3 Å². The lowest BCUT2D eigenvalue weighted by Gasteiger charge is -2.32. The summed E-state index contributed by atoms with van der Waals surface area (Å²) in [4.78, 5) is 34.4. The number of H-pyrrole nitrogens is 1. The molecule has 0 bridgehead atoms. The second-order valence-electron chi connectivity index (χ2n) is 6.98. The zero-order chi connectivity index (χ0) is 19.0. The Bertz CT molecular complexity index is 1040. The van der Waals surface area contributed by atoms with E-state index < -0.39 is 0 Å². The van der Waals surface area contributed by atoms with E-state index in [0.717, 1.165) is 36.0 Å². The second-order valence-corrected chi connectivity index (χ2v) is 7.86. The molecule has 27 heavy (non-hydrogen) atoms.